The second-order valence-electron chi connectivity index (χ2n) is 6.65. The van der Waals surface area contributed by atoms with Crippen molar-refractivity contribution >= 4 is 27.5 Å². The minimum atomic E-state index is -3.60. The number of sulfonamides is 1. The standard InChI is InChI=1S/C19H21N3O5S/c1-12(2)22-28(25,26)15-5-3-4-13(8-15)10-20-19(24)14-6-7-16-17(9-14)27-11-18(23)21-16/h3-9,12,22H,10-11H2,1-2H3,(H,20,24)(H,21,23). The lowest BCUT2D eigenvalue weighted by Gasteiger charge is -2.18. The number of amides is 2. The van der Waals surface area contributed by atoms with Crippen molar-refractivity contribution in [3.05, 3.63) is 53.6 Å². The van der Waals surface area contributed by atoms with Crippen LogP contribution in [-0.2, 0) is 21.4 Å². The first kappa shape index (κ1) is 19.8. The van der Waals surface area contributed by atoms with E-state index in [1.165, 1.54) is 12.1 Å². The maximum absolute atomic E-state index is 12.4. The lowest BCUT2D eigenvalue weighted by atomic mass is 10.1. The molecule has 0 saturated heterocycles. The largest absolute Gasteiger partial charge is 0.482 e. The molecule has 148 valence electrons. The molecule has 0 saturated carbocycles. The van der Waals surface area contributed by atoms with Gasteiger partial charge in [-0.25, -0.2) is 13.1 Å². The monoisotopic (exact) mass is 403 g/mol. The maximum Gasteiger partial charge on any atom is 0.262 e. The predicted octanol–water partition coefficient (Wildman–Crippen LogP) is 1.63. The highest BCUT2D eigenvalue weighted by molar-refractivity contribution is 7.89. The van der Waals surface area contributed by atoms with Crippen molar-refractivity contribution in [1.29, 1.82) is 0 Å². The van der Waals surface area contributed by atoms with Crippen LogP contribution in [0.5, 0.6) is 5.75 Å². The third kappa shape index (κ3) is 4.68. The van der Waals surface area contributed by atoms with E-state index in [0.717, 1.165) is 0 Å². The molecular formula is C19H21N3O5S. The second kappa shape index (κ2) is 7.99. The van der Waals surface area contributed by atoms with Crippen LogP contribution in [0, 0.1) is 0 Å². The number of carbonyl (C=O) groups excluding carboxylic acids is 2. The molecule has 3 rings (SSSR count). The summed E-state index contributed by atoms with van der Waals surface area (Å²) in [6.45, 7) is 3.56. The number of carbonyl (C=O) groups is 2. The number of rotatable bonds is 6. The lowest BCUT2D eigenvalue weighted by molar-refractivity contribution is -0.118. The Bertz CT molecular complexity index is 1020. The molecule has 0 bridgehead atoms. The van der Waals surface area contributed by atoms with Crippen LogP contribution in [-0.4, -0.2) is 32.9 Å². The minimum absolute atomic E-state index is 0.0935. The molecule has 2 amide bonds. The van der Waals surface area contributed by atoms with E-state index in [-0.39, 0.29) is 35.9 Å². The molecule has 3 N–H and O–H groups in total. The van der Waals surface area contributed by atoms with E-state index in [1.54, 1.807) is 44.2 Å². The van der Waals surface area contributed by atoms with Gasteiger partial charge in [0.1, 0.15) is 5.75 Å². The fourth-order valence-electron chi connectivity index (χ4n) is 2.70. The predicted molar refractivity (Wildman–Crippen MR) is 104 cm³/mol. The van der Waals surface area contributed by atoms with E-state index in [1.807, 2.05) is 0 Å². The molecule has 1 heterocycles. The third-order valence-electron chi connectivity index (χ3n) is 3.93. The summed E-state index contributed by atoms with van der Waals surface area (Å²) in [6.07, 6.45) is 0. The van der Waals surface area contributed by atoms with Crippen molar-refractivity contribution in [2.75, 3.05) is 11.9 Å². The minimum Gasteiger partial charge on any atom is -0.482 e. The van der Waals surface area contributed by atoms with Gasteiger partial charge in [0.25, 0.3) is 11.8 Å². The van der Waals surface area contributed by atoms with Gasteiger partial charge in [-0.3, -0.25) is 9.59 Å². The van der Waals surface area contributed by atoms with Crippen LogP contribution in [0.3, 0.4) is 0 Å². The molecule has 0 aromatic heterocycles. The number of ether oxygens (including phenoxy) is 1. The van der Waals surface area contributed by atoms with Crippen molar-refractivity contribution in [2.45, 2.75) is 31.3 Å². The molecule has 0 aliphatic carbocycles. The summed E-state index contributed by atoms with van der Waals surface area (Å²) in [5.41, 5.74) is 1.55. The Morgan fingerprint density at radius 3 is 2.75 bits per heavy atom. The highest BCUT2D eigenvalue weighted by Crippen LogP contribution is 2.28. The first-order valence-electron chi connectivity index (χ1n) is 8.71. The Balaban J connectivity index is 1.68. The third-order valence-corrected chi connectivity index (χ3v) is 5.59. The van der Waals surface area contributed by atoms with Crippen molar-refractivity contribution in [3.8, 4) is 5.75 Å². The van der Waals surface area contributed by atoms with E-state index in [2.05, 4.69) is 15.4 Å². The van der Waals surface area contributed by atoms with Gasteiger partial charge in [-0.15, -0.1) is 0 Å². The number of hydrogen-bond acceptors (Lipinski definition) is 5. The van der Waals surface area contributed by atoms with Gasteiger partial charge in [0.05, 0.1) is 10.6 Å². The second-order valence-corrected chi connectivity index (χ2v) is 8.37. The molecule has 1 aliphatic rings. The first-order valence-corrected chi connectivity index (χ1v) is 10.2. The molecule has 9 heteroatoms. The SMILES string of the molecule is CC(C)NS(=O)(=O)c1cccc(CNC(=O)c2ccc3c(c2)OCC(=O)N3)c1. The van der Waals surface area contributed by atoms with Crippen LogP contribution < -0.4 is 20.1 Å². The average molecular weight is 403 g/mol. The molecule has 0 atom stereocenters. The van der Waals surface area contributed by atoms with Gasteiger partial charge in [-0.1, -0.05) is 12.1 Å². The summed E-state index contributed by atoms with van der Waals surface area (Å²) in [5.74, 6) is -0.150. The van der Waals surface area contributed by atoms with Crippen LogP contribution in [0.4, 0.5) is 5.69 Å². The Labute approximate surface area is 163 Å². The smallest absolute Gasteiger partial charge is 0.262 e. The van der Waals surface area contributed by atoms with E-state index < -0.39 is 10.0 Å². The zero-order chi connectivity index (χ0) is 20.3. The van der Waals surface area contributed by atoms with Gasteiger partial charge in [-0.2, -0.15) is 0 Å². The average Bonchev–Trinajstić information content (AvgIpc) is 2.65. The van der Waals surface area contributed by atoms with Crippen LogP contribution in [0.15, 0.2) is 47.4 Å². The van der Waals surface area contributed by atoms with Crippen molar-refractivity contribution in [3.63, 3.8) is 0 Å². The number of benzene rings is 2. The van der Waals surface area contributed by atoms with Crippen LogP contribution >= 0.6 is 0 Å². The van der Waals surface area contributed by atoms with E-state index in [4.69, 9.17) is 4.74 Å². The summed E-state index contributed by atoms with van der Waals surface area (Å²) < 4.78 is 32.4. The molecule has 0 spiro atoms. The molecule has 8 nitrogen and oxygen atoms in total. The van der Waals surface area contributed by atoms with Gasteiger partial charge in [0.15, 0.2) is 6.61 Å². The van der Waals surface area contributed by atoms with E-state index in [0.29, 0.717) is 22.6 Å². The van der Waals surface area contributed by atoms with Gasteiger partial charge in [-0.05, 0) is 49.7 Å². The molecule has 28 heavy (non-hydrogen) atoms. The zero-order valence-electron chi connectivity index (χ0n) is 15.5. The Hall–Kier alpha value is -2.91. The lowest BCUT2D eigenvalue weighted by Crippen LogP contribution is -2.30. The maximum atomic E-state index is 12.4. The number of fused-ring (bicyclic) bond motifs is 1. The summed E-state index contributed by atoms with van der Waals surface area (Å²) in [6, 6.07) is 10.9. The van der Waals surface area contributed by atoms with E-state index >= 15 is 0 Å². The van der Waals surface area contributed by atoms with Crippen LogP contribution in [0.1, 0.15) is 29.8 Å². The molecule has 0 unspecified atom stereocenters. The van der Waals surface area contributed by atoms with Gasteiger partial charge in [0, 0.05) is 18.2 Å². The highest BCUT2D eigenvalue weighted by atomic mass is 32.2. The zero-order valence-corrected chi connectivity index (χ0v) is 16.3. The van der Waals surface area contributed by atoms with Crippen molar-refractivity contribution in [1.82, 2.24) is 10.0 Å². The fourth-order valence-corrected chi connectivity index (χ4v) is 4.02. The Morgan fingerprint density at radius 2 is 2.00 bits per heavy atom. The summed E-state index contributed by atoms with van der Waals surface area (Å²) in [5, 5.41) is 5.41. The van der Waals surface area contributed by atoms with Gasteiger partial charge < -0.3 is 15.4 Å². The summed E-state index contributed by atoms with van der Waals surface area (Å²) >= 11 is 0. The topological polar surface area (TPSA) is 114 Å². The summed E-state index contributed by atoms with van der Waals surface area (Å²) in [4.78, 5) is 23.9. The molecule has 2 aromatic rings. The van der Waals surface area contributed by atoms with Gasteiger partial charge >= 0.3 is 0 Å². The molecule has 2 aromatic carbocycles. The summed E-state index contributed by atoms with van der Waals surface area (Å²) in [7, 11) is -3.60. The number of anilines is 1. The van der Waals surface area contributed by atoms with Gasteiger partial charge in [0.2, 0.25) is 10.0 Å². The quantitative estimate of drug-likeness (QED) is 0.678. The number of nitrogens with one attached hydrogen (secondary N) is 3. The van der Waals surface area contributed by atoms with Crippen molar-refractivity contribution < 1.29 is 22.7 Å². The van der Waals surface area contributed by atoms with Crippen LogP contribution in [0.2, 0.25) is 0 Å². The normalized spacial score (nSPS) is 13.5. The van der Waals surface area contributed by atoms with E-state index in [9.17, 15) is 18.0 Å². The highest BCUT2D eigenvalue weighted by Gasteiger charge is 2.18. The Kier molecular flexibility index (Phi) is 5.66. The van der Waals surface area contributed by atoms with Crippen LogP contribution in [0.25, 0.3) is 0 Å². The molecule has 1 aliphatic heterocycles. The van der Waals surface area contributed by atoms with Crippen molar-refractivity contribution in [2.24, 2.45) is 0 Å². The number of hydrogen-bond donors (Lipinski definition) is 3. The fraction of sp³-hybridized carbons (Fsp3) is 0.263. The Morgan fingerprint density at radius 1 is 1.21 bits per heavy atom. The molecule has 0 fully saturated rings. The molecular weight excluding hydrogens is 382 g/mol. The molecule has 0 radical (unpaired) electrons. The first-order chi connectivity index (χ1) is 13.2.